The molecule has 0 saturated carbocycles. The first-order valence-corrected chi connectivity index (χ1v) is 7.09. The molecule has 0 aliphatic heterocycles. The molecular weight excluding hydrogens is 306 g/mol. The minimum absolute atomic E-state index is 0.00859. The normalized spacial score (nSPS) is 11.1. The van der Waals surface area contributed by atoms with Gasteiger partial charge in [0.1, 0.15) is 5.82 Å². The molecule has 20 heavy (non-hydrogen) atoms. The van der Waals surface area contributed by atoms with Gasteiger partial charge in [0, 0.05) is 6.20 Å². The van der Waals surface area contributed by atoms with Crippen molar-refractivity contribution >= 4 is 33.4 Å². The Morgan fingerprint density at radius 3 is 2.70 bits per heavy atom. The number of aromatic carboxylic acids is 1. The van der Waals surface area contributed by atoms with E-state index in [2.05, 4.69) is 14.7 Å². The molecule has 1 heterocycles. The summed E-state index contributed by atoms with van der Waals surface area (Å²) in [6.07, 6.45) is 1.29. The van der Waals surface area contributed by atoms with Crippen LogP contribution in [0, 0.1) is 0 Å². The van der Waals surface area contributed by atoms with Crippen LogP contribution in [0.2, 0.25) is 5.28 Å². The molecule has 0 bridgehead atoms. The van der Waals surface area contributed by atoms with Gasteiger partial charge in [-0.15, -0.1) is 0 Å². The smallest absolute Gasteiger partial charge is 0.335 e. The molecule has 0 aliphatic carbocycles. The van der Waals surface area contributed by atoms with Gasteiger partial charge >= 0.3 is 5.97 Å². The fourth-order valence-electron chi connectivity index (χ4n) is 1.38. The van der Waals surface area contributed by atoms with Gasteiger partial charge in [-0.3, -0.25) is 4.72 Å². The summed E-state index contributed by atoms with van der Waals surface area (Å²) in [6, 6.07) is 6.28. The van der Waals surface area contributed by atoms with E-state index >= 15 is 0 Å². The molecule has 0 radical (unpaired) electrons. The van der Waals surface area contributed by atoms with Gasteiger partial charge in [0.25, 0.3) is 10.0 Å². The van der Waals surface area contributed by atoms with Crippen molar-refractivity contribution in [1.29, 1.82) is 0 Å². The molecule has 0 atom stereocenters. The second-order valence-electron chi connectivity index (χ2n) is 3.65. The first-order chi connectivity index (χ1) is 9.38. The zero-order valence-electron chi connectivity index (χ0n) is 9.82. The number of carboxylic acid groups (broad SMARTS) is 1. The van der Waals surface area contributed by atoms with Crippen molar-refractivity contribution in [3.8, 4) is 0 Å². The van der Waals surface area contributed by atoms with Crippen molar-refractivity contribution in [2.45, 2.75) is 4.90 Å². The predicted octanol–water partition coefficient (Wildman–Crippen LogP) is 1.63. The van der Waals surface area contributed by atoms with Crippen molar-refractivity contribution in [3.63, 3.8) is 0 Å². The second-order valence-corrected chi connectivity index (χ2v) is 5.67. The van der Waals surface area contributed by atoms with E-state index < -0.39 is 16.0 Å². The molecule has 2 aromatic rings. The van der Waals surface area contributed by atoms with Crippen LogP contribution < -0.4 is 4.72 Å². The maximum atomic E-state index is 12.1. The highest BCUT2D eigenvalue weighted by Gasteiger charge is 2.17. The van der Waals surface area contributed by atoms with E-state index in [1.165, 1.54) is 30.5 Å². The molecule has 1 aromatic carbocycles. The number of carboxylic acids is 1. The van der Waals surface area contributed by atoms with E-state index in [0.717, 1.165) is 6.07 Å². The molecule has 0 spiro atoms. The minimum atomic E-state index is -3.95. The van der Waals surface area contributed by atoms with E-state index in [1.54, 1.807) is 0 Å². The third-order valence-corrected chi connectivity index (χ3v) is 3.79. The zero-order chi connectivity index (χ0) is 14.8. The second kappa shape index (κ2) is 5.43. The fraction of sp³-hybridized carbons (Fsp3) is 0. The Hall–Kier alpha value is -2.19. The number of carbonyl (C=O) groups is 1. The monoisotopic (exact) mass is 313 g/mol. The first kappa shape index (κ1) is 14.2. The quantitative estimate of drug-likeness (QED) is 0.830. The van der Waals surface area contributed by atoms with E-state index in [-0.39, 0.29) is 21.6 Å². The molecule has 0 saturated heterocycles. The lowest BCUT2D eigenvalue weighted by atomic mass is 10.2. The van der Waals surface area contributed by atoms with Gasteiger partial charge in [0.2, 0.25) is 5.28 Å². The molecule has 0 fully saturated rings. The lowest BCUT2D eigenvalue weighted by Crippen LogP contribution is -2.14. The number of hydrogen-bond donors (Lipinski definition) is 2. The Kier molecular flexibility index (Phi) is 3.86. The van der Waals surface area contributed by atoms with Crippen molar-refractivity contribution in [2.75, 3.05) is 4.72 Å². The summed E-state index contributed by atoms with van der Waals surface area (Å²) >= 11 is 5.55. The van der Waals surface area contributed by atoms with Crippen molar-refractivity contribution < 1.29 is 18.3 Å². The van der Waals surface area contributed by atoms with Crippen LogP contribution in [0.4, 0.5) is 5.82 Å². The lowest BCUT2D eigenvalue weighted by Gasteiger charge is -2.07. The molecule has 2 rings (SSSR count). The average molecular weight is 314 g/mol. The number of aromatic nitrogens is 2. The van der Waals surface area contributed by atoms with Gasteiger partial charge in [-0.1, -0.05) is 6.07 Å². The Morgan fingerprint density at radius 1 is 1.30 bits per heavy atom. The van der Waals surface area contributed by atoms with Crippen molar-refractivity contribution in [2.24, 2.45) is 0 Å². The maximum Gasteiger partial charge on any atom is 0.335 e. The molecule has 0 aliphatic rings. The van der Waals surface area contributed by atoms with Crippen LogP contribution in [-0.4, -0.2) is 29.5 Å². The summed E-state index contributed by atoms with van der Waals surface area (Å²) in [5.74, 6) is -1.22. The topological polar surface area (TPSA) is 109 Å². The summed E-state index contributed by atoms with van der Waals surface area (Å²) in [5.41, 5.74) is -0.131. The zero-order valence-corrected chi connectivity index (χ0v) is 11.4. The molecule has 2 N–H and O–H groups in total. The van der Waals surface area contributed by atoms with Gasteiger partial charge in [-0.2, -0.15) is 4.98 Å². The van der Waals surface area contributed by atoms with Gasteiger partial charge in [-0.25, -0.2) is 18.2 Å². The molecule has 7 nitrogen and oxygen atoms in total. The predicted molar refractivity (Wildman–Crippen MR) is 71.3 cm³/mol. The van der Waals surface area contributed by atoms with Crippen LogP contribution in [-0.2, 0) is 10.0 Å². The van der Waals surface area contributed by atoms with Crippen molar-refractivity contribution in [3.05, 3.63) is 47.4 Å². The van der Waals surface area contributed by atoms with Crippen LogP contribution in [0.25, 0.3) is 0 Å². The van der Waals surface area contributed by atoms with E-state index in [0.29, 0.717) is 0 Å². The number of benzene rings is 1. The summed E-state index contributed by atoms with van der Waals surface area (Å²) in [4.78, 5) is 18.0. The summed E-state index contributed by atoms with van der Waals surface area (Å²) < 4.78 is 26.3. The Balaban J connectivity index is 2.35. The number of sulfonamides is 1. The minimum Gasteiger partial charge on any atom is -0.478 e. The standard InChI is InChI=1S/C11H8ClN3O4S/c12-11-13-5-4-9(14-11)15-20(18,19)8-3-1-2-7(6-8)10(16)17/h1-6H,(H,16,17)(H,13,14,15). The van der Waals surface area contributed by atoms with Crippen LogP contribution in [0.5, 0.6) is 0 Å². The highest BCUT2D eigenvalue weighted by Crippen LogP contribution is 2.16. The maximum absolute atomic E-state index is 12.1. The highest BCUT2D eigenvalue weighted by molar-refractivity contribution is 7.92. The van der Waals surface area contributed by atoms with Crippen molar-refractivity contribution in [1.82, 2.24) is 9.97 Å². The number of anilines is 1. The molecule has 104 valence electrons. The molecule has 0 unspecified atom stereocenters. The highest BCUT2D eigenvalue weighted by atomic mass is 35.5. The first-order valence-electron chi connectivity index (χ1n) is 5.23. The third-order valence-electron chi connectivity index (χ3n) is 2.26. The summed E-state index contributed by atoms with van der Waals surface area (Å²) in [5, 5.41) is 8.74. The molecular formula is C11H8ClN3O4S. The average Bonchev–Trinajstić information content (AvgIpc) is 2.38. The Bertz CT molecular complexity index is 764. The molecule has 9 heteroatoms. The summed E-state index contributed by atoms with van der Waals surface area (Å²) in [7, 11) is -3.95. The molecule has 1 aromatic heterocycles. The van der Waals surface area contributed by atoms with Crippen LogP contribution in [0.3, 0.4) is 0 Å². The number of halogens is 1. The molecule has 0 amide bonds. The Labute approximate surface area is 119 Å². The van der Waals surface area contributed by atoms with Gasteiger partial charge in [-0.05, 0) is 35.9 Å². The SMILES string of the molecule is O=C(O)c1cccc(S(=O)(=O)Nc2ccnc(Cl)n2)c1. The fourth-order valence-corrected chi connectivity index (χ4v) is 2.58. The van der Waals surface area contributed by atoms with Gasteiger partial charge in [0.15, 0.2) is 0 Å². The van der Waals surface area contributed by atoms with E-state index in [9.17, 15) is 13.2 Å². The third kappa shape index (κ3) is 3.22. The van der Waals surface area contributed by atoms with Crippen LogP contribution in [0.15, 0.2) is 41.4 Å². The lowest BCUT2D eigenvalue weighted by molar-refractivity contribution is 0.0696. The van der Waals surface area contributed by atoms with E-state index in [1.807, 2.05) is 0 Å². The Morgan fingerprint density at radius 2 is 2.05 bits per heavy atom. The summed E-state index contributed by atoms with van der Waals surface area (Å²) in [6.45, 7) is 0. The largest absolute Gasteiger partial charge is 0.478 e. The van der Waals surface area contributed by atoms with E-state index in [4.69, 9.17) is 16.7 Å². The number of hydrogen-bond acceptors (Lipinski definition) is 5. The van der Waals surface area contributed by atoms with Crippen LogP contribution >= 0.6 is 11.6 Å². The number of rotatable bonds is 4. The van der Waals surface area contributed by atoms with Gasteiger partial charge in [0.05, 0.1) is 10.5 Å². The number of nitrogens with zero attached hydrogens (tertiary/aromatic N) is 2. The number of nitrogens with one attached hydrogen (secondary N) is 1. The van der Waals surface area contributed by atoms with Crippen LogP contribution in [0.1, 0.15) is 10.4 Å². The van der Waals surface area contributed by atoms with Gasteiger partial charge < -0.3 is 5.11 Å².